The summed E-state index contributed by atoms with van der Waals surface area (Å²) in [5, 5.41) is 10.8. The van der Waals surface area contributed by atoms with Crippen molar-refractivity contribution in [3.05, 3.63) is 17.0 Å². The quantitative estimate of drug-likeness (QED) is 0.889. The lowest BCUT2D eigenvalue weighted by Gasteiger charge is -2.33. The van der Waals surface area contributed by atoms with Gasteiger partial charge in [-0.25, -0.2) is 4.79 Å². The number of ether oxygens (including phenoxy) is 1. The maximum atomic E-state index is 12.6. The Hall–Kier alpha value is -1.56. The zero-order valence-corrected chi connectivity index (χ0v) is 15.3. The first-order valence-corrected chi connectivity index (χ1v) is 9.20. The number of hydrogen-bond acceptors (Lipinski definition) is 3. The average molecular weight is 334 g/mol. The average Bonchev–Trinajstić information content (AvgIpc) is 3.12. The van der Waals surface area contributed by atoms with Crippen molar-refractivity contribution in [2.75, 3.05) is 6.61 Å². The number of nitrogens with one attached hydrogen (secondary N) is 2. The number of fused-ring (bicyclic) bond motifs is 1. The van der Waals surface area contributed by atoms with Crippen LogP contribution in [0.4, 0.5) is 4.79 Å². The molecule has 2 aliphatic rings. The summed E-state index contributed by atoms with van der Waals surface area (Å²) >= 11 is 0. The molecule has 4 unspecified atom stereocenters. The van der Waals surface area contributed by atoms with Crippen molar-refractivity contribution in [3.8, 4) is 0 Å². The molecule has 3 rings (SSSR count). The first-order valence-electron chi connectivity index (χ1n) is 9.20. The molecule has 0 spiro atoms. The minimum absolute atomic E-state index is 0.00193. The third-order valence-electron chi connectivity index (χ3n) is 5.72. The molecule has 6 heteroatoms. The number of carbonyl (C=O) groups is 1. The number of aromatic nitrogens is 2. The van der Waals surface area contributed by atoms with E-state index in [9.17, 15) is 4.79 Å². The molecule has 2 amide bonds. The minimum Gasteiger partial charge on any atom is -0.378 e. The molecule has 134 valence electrons. The summed E-state index contributed by atoms with van der Waals surface area (Å²) in [7, 11) is 1.95. The molecular formula is C18H30N4O2. The molecule has 24 heavy (non-hydrogen) atoms. The van der Waals surface area contributed by atoms with E-state index >= 15 is 0 Å². The van der Waals surface area contributed by atoms with Gasteiger partial charge in [0.1, 0.15) is 0 Å². The van der Waals surface area contributed by atoms with E-state index in [0.717, 1.165) is 55.7 Å². The molecule has 2 N–H and O–H groups in total. The molecule has 4 atom stereocenters. The normalized spacial score (nSPS) is 27.6. The SMILES string of the molecule is CCC(NC(=O)NC1CCCC2OCCC12)c1c(C)nn(C)c1C. The number of aryl methyl sites for hydroxylation is 2. The van der Waals surface area contributed by atoms with E-state index < -0.39 is 0 Å². The molecule has 1 saturated heterocycles. The van der Waals surface area contributed by atoms with Crippen LogP contribution in [0.2, 0.25) is 0 Å². The van der Waals surface area contributed by atoms with Crippen molar-refractivity contribution in [2.24, 2.45) is 13.0 Å². The third kappa shape index (κ3) is 3.29. The van der Waals surface area contributed by atoms with Gasteiger partial charge in [0, 0.05) is 36.9 Å². The fourth-order valence-electron chi connectivity index (χ4n) is 4.40. The molecular weight excluding hydrogens is 304 g/mol. The fraction of sp³-hybridized carbons (Fsp3) is 0.778. The van der Waals surface area contributed by atoms with Crippen LogP contribution in [0.1, 0.15) is 62.0 Å². The van der Waals surface area contributed by atoms with Crippen molar-refractivity contribution in [1.29, 1.82) is 0 Å². The highest BCUT2D eigenvalue weighted by atomic mass is 16.5. The smallest absolute Gasteiger partial charge is 0.315 e. The fourth-order valence-corrected chi connectivity index (χ4v) is 4.40. The molecule has 1 aromatic rings. The van der Waals surface area contributed by atoms with E-state index in [-0.39, 0.29) is 18.1 Å². The Morgan fingerprint density at radius 2 is 2.17 bits per heavy atom. The molecule has 0 bridgehead atoms. The lowest BCUT2D eigenvalue weighted by molar-refractivity contribution is 0.0548. The highest BCUT2D eigenvalue weighted by Crippen LogP contribution is 2.34. The third-order valence-corrected chi connectivity index (χ3v) is 5.72. The molecule has 0 radical (unpaired) electrons. The van der Waals surface area contributed by atoms with Gasteiger partial charge in [0.05, 0.1) is 17.8 Å². The first kappa shape index (κ1) is 17.3. The molecule has 1 saturated carbocycles. The van der Waals surface area contributed by atoms with Gasteiger partial charge >= 0.3 is 6.03 Å². The summed E-state index contributed by atoms with van der Waals surface area (Å²) < 4.78 is 7.68. The van der Waals surface area contributed by atoms with Gasteiger partial charge in [-0.1, -0.05) is 6.92 Å². The van der Waals surface area contributed by atoms with Crippen LogP contribution in [0.15, 0.2) is 0 Å². The zero-order chi connectivity index (χ0) is 17.3. The summed E-state index contributed by atoms with van der Waals surface area (Å²) in [6.45, 7) is 6.99. The molecule has 0 aromatic carbocycles. The molecule has 6 nitrogen and oxygen atoms in total. The Balaban J connectivity index is 1.64. The van der Waals surface area contributed by atoms with Gasteiger partial charge in [0.2, 0.25) is 0 Å². The summed E-state index contributed by atoms with van der Waals surface area (Å²) in [4.78, 5) is 12.6. The standard InChI is InChI=1S/C18H30N4O2/c1-5-14(17-11(2)21-22(4)12(17)3)19-18(23)20-15-7-6-8-16-13(15)9-10-24-16/h13-16H,5-10H2,1-4H3,(H2,19,20,23). The molecule has 1 aliphatic carbocycles. The molecule has 1 aliphatic heterocycles. The predicted molar refractivity (Wildman–Crippen MR) is 92.9 cm³/mol. The second kappa shape index (κ2) is 7.13. The van der Waals surface area contributed by atoms with Gasteiger partial charge in [-0.2, -0.15) is 5.10 Å². The van der Waals surface area contributed by atoms with Crippen LogP contribution >= 0.6 is 0 Å². The van der Waals surface area contributed by atoms with Gasteiger partial charge in [0.15, 0.2) is 0 Å². The van der Waals surface area contributed by atoms with E-state index in [2.05, 4.69) is 29.6 Å². The largest absolute Gasteiger partial charge is 0.378 e. The second-order valence-corrected chi connectivity index (χ2v) is 7.19. The van der Waals surface area contributed by atoms with E-state index in [1.54, 1.807) is 0 Å². The summed E-state index contributed by atoms with van der Waals surface area (Å²) in [6.07, 6.45) is 5.57. The summed E-state index contributed by atoms with van der Waals surface area (Å²) in [5.41, 5.74) is 3.24. The van der Waals surface area contributed by atoms with Crippen molar-refractivity contribution >= 4 is 6.03 Å². The van der Waals surface area contributed by atoms with E-state index in [1.165, 1.54) is 0 Å². The van der Waals surface area contributed by atoms with Crippen LogP contribution in [-0.2, 0) is 11.8 Å². The van der Waals surface area contributed by atoms with E-state index in [4.69, 9.17) is 4.74 Å². The number of nitrogens with zero attached hydrogens (tertiary/aromatic N) is 2. The first-order chi connectivity index (χ1) is 11.5. The van der Waals surface area contributed by atoms with Gasteiger partial charge in [0.25, 0.3) is 0 Å². The van der Waals surface area contributed by atoms with Gasteiger partial charge < -0.3 is 15.4 Å². The van der Waals surface area contributed by atoms with Crippen LogP contribution in [0.5, 0.6) is 0 Å². The van der Waals surface area contributed by atoms with Crippen molar-refractivity contribution in [2.45, 2.75) is 71.1 Å². The second-order valence-electron chi connectivity index (χ2n) is 7.19. The topological polar surface area (TPSA) is 68.2 Å². The zero-order valence-electron chi connectivity index (χ0n) is 15.3. The van der Waals surface area contributed by atoms with Crippen LogP contribution < -0.4 is 10.6 Å². The Labute approximate surface area is 144 Å². The molecule has 2 heterocycles. The number of rotatable bonds is 4. The lowest BCUT2D eigenvalue weighted by atomic mass is 9.82. The summed E-state index contributed by atoms with van der Waals surface area (Å²) in [6, 6.07) is 0.166. The van der Waals surface area contributed by atoms with Gasteiger partial charge in [-0.05, 0) is 46.0 Å². The summed E-state index contributed by atoms with van der Waals surface area (Å²) in [5.74, 6) is 0.478. The molecule has 2 fully saturated rings. The minimum atomic E-state index is -0.0675. The maximum absolute atomic E-state index is 12.6. The van der Waals surface area contributed by atoms with E-state index in [0.29, 0.717) is 12.0 Å². The van der Waals surface area contributed by atoms with Crippen molar-refractivity contribution in [1.82, 2.24) is 20.4 Å². The van der Waals surface area contributed by atoms with Crippen LogP contribution in [0.3, 0.4) is 0 Å². The Morgan fingerprint density at radius 1 is 1.38 bits per heavy atom. The van der Waals surface area contributed by atoms with Crippen molar-refractivity contribution in [3.63, 3.8) is 0 Å². The number of hydrogen-bond donors (Lipinski definition) is 2. The van der Waals surface area contributed by atoms with E-state index in [1.807, 2.05) is 18.7 Å². The molecule has 1 aromatic heterocycles. The van der Waals surface area contributed by atoms with Crippen LogP contribution in [0.25, 0.3) is 0 Å². The van der Waals surface area contributed by atoms with Crippen LogP contribution in [-0.4, -0.2) is 34.6 Å². The van der Waals surface area contributed by atoms with Gasteiger partial charge in [-0.3, -0.25) is 4.68 Å². The van der Waals surface area contributed by atoms with Gasteiger partial charge in [-0.15, -0.1) is 0 Å². The highest BCUT2D eigenvalue weighted by Gasteiger charge is 2.38. The monoisotopic (exact) mass is 334 g/mol. The maximum Gasteiger partial charge on any atom is 0.315 e. The predicted octanol–water partition coefficient (Wildman–Crippen LogP) is 2.74. The Bertz CT molecular complexity index is 598. The Morgan fingerprint density at radius 3 is 2.83 bits per heavy atom. The van der Waals surface area contributed by atoms with Crippen molar-refractivity contribution < 1.29 is 9.53 Å². The number of carbonyl (C=O) groups excluding carboxylic acids is 1. The lowest BCUT2D eigenvalue weighted by Crippen LogP contribution is -2.49. The van der Waals surface area contributed by atoms with Crippen LogP contribution in [0, 0.1) is 19.8 Å². The Kier molecular flexibility index (Phi) is 5.13. The highest BCUT2D eigenvalue weighted by molar-refractivity contribution is 5.75. The number of amides is 2. The number of urea groups is 1.